The van der Waals surface area contributed by atoms with Crippen molar-refractivity contribution in [1.82, 2.24) is 14.8 Å². The molecule has 1 aromatic carbocycles. The quantitative estimate of drug-likeness (QED) is 0.848. The van der Waals surface area contributed by atoms with Crippen LogP contribution < -0.4 is 0 Å². The van der Waals surface area contributed by atoms with E-state index in [4.69, 9.17) is 0 Å². The maximum absolute atomic E-state index is 13.2. The summed E-state index contributed by atoms with van der Waals surface area (Å²) in [7, 11) is 0. The highest BCUT2D eigenvalue weighted by Crippen LogP contribution is 2.46. The number of aromatic nitrogens is 1. The maximum atomic E-state index is 13.2. The van der Waals surface area contributed by atoms with E-state index in [-0.39, 0.29) is 5.91 Å². The molecule has 25 heavy (non-hydrogen) atoms. The largest absolute Gasteiger partial charge is 0.332 e. The molecule has 2 aromatic rings. The fraction of sp³-hybridized carbons (Fsp3) is 0.429. The van der Waals surface area contributed by atoms with Gasteiger partial charge in [-0.25, -0.2) is 0 Å². The molecule has 0 saturated carbocycles. The Morgan fingerprint density at radius 3 is 2.44 bits per heavy atom. The molecule has 4 heteroatoms. The Balaban J connectivity index is 1.53. The van der Waals surface area contributed by atoms with Gasteiger partial charge in [0.15, 0.2) is 0 Å². The number of piperidine rings is 3. The van der Waals surface area contributed by atoms with Gasteiger partial charge in [0.1, 0.15) is 5.69 Å². The number of likely N-dealkylation sites (tertiary alicyclic amines) is 1. The van der Waals surface area contributed by atoms with E-state index in [2.05, 4.69) is 45.1 Å². The average Bonchev–Trinajstić information content (AvgIpc) is 3.12. The first kappa shape index (κ1) is 15.1. The van der Waals surface area contributed by atoms with Crippen molar-refractivity contribution >= 4 is 5.91 Å². The Hall–Kier alpha value is -2.20. The summed E-state index contributed by atoms with van der Waals surface area (Å²) in [6.45, 7) is 3.17. The van der Waals surface area contributed by atoms with E-state index in [1.165, 1.54) is 31.5 Å². The van der Waals surface area contributed by atoms with Crippen molar-refractivity contribution in [3.8, 4) is 0 Å². The molecular weight excluding hydrogens is 310 g/mol. The third-order valence-corrected chi connectivity index (χ3v) is 6.37. The minimum absolute atomic E-state index is 0.0998. The second-order valence-electron chi connectivity index (χ2n) is 7.54. The van der Waals surface area contributed by atoms with Gasteiger partial charge in [-0.05, 0) is 49.5 Å². The zero-order chi connectivity index (χ0) is 16.8. The molecule has 6 rings (SSSR count). The first-order valence-electron chi connectivity index (χ1n) is 9.34. The lowest BCUT2D eigenvalue weighted by Gasteiger charge is -2.51. The van der Waals surface area contributed by atoms with Gasteiger partial charge in [0.25, 0.3) is 5.91 Å². The van der Waals surface area contributed by atoms with Gasteiger partial charge in [-0.1, -0.05) is 36.4 Å². The van der Waals surface area contributed by atoms with Gasteiger partial charge in [-0.2, -0.15) is 0 Å². The highest BCUT2D eigenvalue weighted by Gasteiger charge is 2.54. The molecule has 4 saturated heterocycles. The average molecular weight is 333 g/mol. The van der Waals surface area contributed by atoms with Crippen LogP contribution in [0.2, 0.25) is 0 Å². The molecule has 4 fully saturated rings. The Labute approximate surface area is 148 Å². The van der Waals surface area contributed by atoms with Crippen molar-refractivity contribution < 1.29 is 4.79 Å². The van der Waals surface area contributed by atoms with Crippen molar-refractivity contribution in [3.05, 3.63) is 66.0 Å². The Morgan fingerprint density at radius 1 is 0.960 bits per heavy atom. The molecule has 0 spiro atoms. The number of benzene rings is 1. The number of amides is 1. The van der Waals surface area contributed by atoms with Crippen LogP contribution in [0.25, 0.3) is 0 Å². The summed E-state index contributed by atoms with van der Waals surface area (Å²) in [6.07, 6.45) is 4.15. The number of fused-ring (bicyclic) bond motifs is 2. The Bertz CT molecular complexity index is 755. The van der Waals surface area contributed by atoms with Crippen LogP contribution in [0.15, 0.2) is 54.7 Å². The third kappa shape index (κ3) is 2.39. The van der Waals surface area contributed by atoms with Crippen molar-refractivity contribution in [1.29, 1.82) is 0 Å². The predicted octanol–water partition coefficient (Wildman–Crippen LogP) is 2.78. The third-order valence-electron chi connectivity index (χ3n) is 6.37. The molecule has 128 valence electrons. The fourth-order valence-electron chi connectivity index (χ4n) is 5.28. The van der Waals surface area contributed by atoms with E-state index in [0.29, 0.717) is 29.6 Å². The molecule has 0 aliphatic carbocycles. The van der Waals surface area contributed by atoms with Crippen LogP contribution in [-0.4, -0.2) is 52.4 Å². The van der Waals surface area contributed by atoms with Gasteiger partial charge in [-0.3, -0.25) is 14.7 Å². The van der Waals surface area contributed by atoms with Gasteiger partial charge in [-0.15, -0.1) is 0 Å². The van der Waals surface area contributed by atoms with E-state index >= 15 is 0 Å². The Kier molecular flexibility index (Phi) is 3.59. The first-order valence-corrected chi connectivity index (χ1v) is 9.34. The molecule has 5 heterocycles. The SMILES string of the molecule is O=C(c1ccccn1)N1C[C@H](c2ccccc2)[C@@H]2[C@H]1C1CCN2CC1. The lowest BCUT2D eigenvalue weighted by molar-refractivity contribution is -0.00358. The highest BCUT2D eigenvalue weighted by molar-refractivity contribution is 5.93. The van der Waals surface area contributed by atoms with Crippen LogP contribution >= 0.6 is 0 Å². The molecule has 1 amide bonds. The molecule has 0 N–H and O–H groups in total. The molecule has 0 unspecified atom stereocenters. The fourth-order valence-corrected chi connectivity index (χ4v) is 5.28. The van der Waals surface area contributed by atoms with E-state index in [1.54, 1.807) is 6.20 Å². The molecule has 0 radical (unpaired) electrons. The molecular formula is C21H23N3O. The van der Waals surface area contributed by atoms with Crippen molar-refractivity contribution in [3.63, 3.8) is 0 Å². The summed E-state index contributed by atoms with van der Waals surface area (Å²) in [5, 5.41) is 0. The molecule has 2 bridgehead atoms. The number of carbonyl (C=O) groups is 1. The zero-order valence-corrected chi connectivity index (χ0v) is 14.3. The standard InChI is InChI=1S/C21H23N3O/c25-21(18-8-4-5-11-22-18)24-14-17(15-6-2-1-3-7-15)20-19(24)16-9-12-23(20)13-10-16/h1-8,11,16-17,19-20H,9-10,12-14H2/t17-,19-,20-/m1/s1. The van der Waals surface area contributed by atoms with E-state index in [9.17, 15) is 4.79 Å². The monoisotopic (exact) mass is 333 g/mol. The number of nitrogens with zero attached hydrogens (tertiary/aromatic N) is 3. The van der Waals surface area contributed by atoms with E-state index in [0.717, 1.165) is 6.54 Å². The number of carbonyl (C=O) groups excluding carboxylic acids is 1. The molecule has 4 nitrogen and oxygen atoms in total. The lowest BCUT2D eigenvalue weighted by Crippen LogP contribution is -2.60. The summed E-state index contributed by atoms with van der Waals surface area (Å²) in [5.41, 5.74) is 1.94. The first-order chi connectivity index (χ1) is 12.3. The Morgan fingerprint density at radius 2 is 1.72 bits per heavy atom. The summed E-state index contributed by atoms with van der Waals surface area (Å²) in [6, 6.07) is 17.1. The minimum atomic E-state index is 0.0998. The number of hydrogen-bond donors (Lipinski definition) is 0. The van der Waals surface area contributed by atoms with Gasteiger partial charge in [0.05, 0.1) is 6.04 Å². The molecule has 4 aliphatic heterocycles. The smallest absolute Gasteiger partial charge is 0.272 e. The number of rotatable bonds is 2. The normalized spacial score (nSPS) is 33.3. The van der Waals surface area contributed by atoms with Gasteiger partial charge >= 0.3 is 0 Å². The minimum Gasteiger partial charge on any atom is -0.332 e. The number of pyridine rings is 1. The van der Waals surface area contributed by atoms with Crippen molar-refractivity contribution in [2.75, 3.05) is 19.6 Å². The van der Waals surface area contributed by atoms with Crippen LogP contribution in [0.5, 0.6) is 0 Å². The zero-order valence-electron chi connectivity index (χ0n) is 14.3. The number of hydrogen-bond acceptors (Lipinski definition) is 3. The molecule has 1 aromatic heterocycles. The van der Waals surface area contributed by atoms with Gasteiger partial charge < -0.3 is 4.90 Å². The van der Waals surface area contributed by atoms with Gasteiger partial charge in [0.2, 0.25) is 0 Å². The van der Waals surface area contributed by atoms with Crippen LogP contribution in [0.4, 0.5) is 0 Å². The van der Waals surface area contributed by atoms with Crippen LogP contribution in [-0.2, 0) is 0 Å². The van der Waals surface area contributed by atoms with E-state index in [1.807, 2.05) is 18.2 Å². The van der Waals surface area contributed by atoms with Crippen molar-refractivity contribution in [2.24, 2.45) is 5.92 Å². The van der Waals surface area contributed by atoms with E-state index < -0.39 is 0 Å². The molecule has 4 aliphatic rings. The maximum Gasteiger partial charge on any atom is 0.272 e. The second kappa shape index (κ2) is 5.95. The van der Waals surface area contributed by atoms with Crippen LogP contribution in [0, 0.1) is 5.92 Å². The van der Waals surface area contributed by atoms with Crippen LogP contribution in [0.3, 0.4) is 0 Å². The summed E-state index contributed by atoms with van der Waals surface area (Å²) in [4.78, 5) is 22.3. The predicted molar refractivity (Wildman–Crippen MR) is 96.3 cm³/mol. The molecule has 3 atom stereocenters. The highest BCUT2D eigenvalue weighted by atomic mass is 16.2. The lowest BCUT2D eigenvalue weighted by atomic mass is 9.75. The summed E-state index contributed by atoms with van der Waals surface area (Å²) < 4.78 is 0. The summed E-state index contributed by atoms with van der Waals surface area (Å²) in [5.74, 6) is 1.14. The topological polar surface area (TPSA) is 36.4 Å². The second-order valence-corrected chi connectivity index (χ2v) is 7.54. The summed E-state index contributed by atoms with van der Waals surface area (Å²) >= 11 is 0. The van der Waals surface area contributed by atoms with Crippen molar-refractivity contribution in [2.45, 2.75) is 30.8 Å². The van der Waals surface area contributed by atoms with Gasteiger partial charge in [0, 0.05) is 24.7 Å². The van der Waals surface area contributed by atoms with Crippen LogP contribution in [0.1, 0.15) is 34.8 Å².